The minimum Gasteiger partial charge on any atom is -0.465 e. The molecule has 0 fully saturated rings. The Labute approximate surface area is 123 Å². The van der Waals surface area contributed by atoms with Gasteiger partial charge in [0, 0.05) is 5.69 Å². The number of nitrogen functional groups attached to an aromatic ring is 1. The third kappa shape index (κ3) is 3.48. The van der Waals surface area contributed by atoms with E-state index >= 15 is 0 Å². The Balaban J connectivity index is 2.18. The van der Waals surface area contributed by atoms with Crippen molar-refractivity contribution < 1.29 is 9.53 Å². The molecule has 0 aromatic heterocycles. The molecule has 4 heteroatoms. The van der Waals surface area contributed by atoms with Crippen LogP contribution in [0.2, 0.25) is 0 Å². The standard InChI is InChI=1S/C17H14N2O2/c1-19-16-11-13(7-10-15(16)18)4-3-12-5-8-14(9-6-12)17(20)21-2/h3-11H,18H2,2H3/b4-3+. The van der Waals surface area contributed by atoms with Crippen LogP contribution >= 0.6 is 0 Å². The maximum absolute atomic E-state index is 11.3. The molecule has 0 bridgehead atoms. The second kappa shape index (κ2) is 6.40. The Morgan fingerprint density at radius 3 is 2.38 bits per heavy atom. The predicted octanol–water partition coefficient (Wildman–Crippen LogP) is 3.78. The van der Waals surface area contributed by atoms with Crippen molar-refractivity contribution >= 4 is 29.5 Å². The number of carbonyl (C=O) groups excluding carboxylic acids is 1. The summed E-state index contributed by atoms with van der Waals surface area (Å²) in [6.07, 6.45) is 3.79. The van der Waals surface area contributed by atoms with Crippen LogP contribution in [-0.4, -0.2) is 13.1 Å². The van der Waals surface area contributed by atoms with Crippen LogP contribution in [0.4, 0.5) is 11.4 Å². The fraction of sp³-hybridized carbons (Fsp3) is 0.0588. The molecular formula is C17H14N2O2. The third-order valence-corrected chi connectivity index (χ3v) is 2.97. The van der Waals surface area contributed by atoms with Crippen LogP contribution in [0.3, 0.4) is 0 Å². The van der Waals surface area contributed by atoms with E-state index in [0.717, 1.165) is 11.1 Å². The zero-order valence-electron chi connectivity index (χ0n) is 11.5. The summed E-state index contributed by atoms with van der Waals surface area (Å²) in [5.41, 5.74) is 8.96. The van der Waals surface area contributed by atoms with Gasteiger partial charge in [0.05, 0.1) is 19.2 Å². The number of hydrogen-bond acceptors (Lipinski definition) is 3. The number of anilines is 1. The van der Waals surface area contributed by atoms with Crippen molar-refractivity contribution in [3.8, 4) is 0 Å². The summed E-state index contributed by atoms with van der Waals surface area (Å²) in [6, 6.07) is 12.4. The normalized spacial score (nSPS) is 10.3. The van der Waals surface area contributed by atoms with Gasteiger partial charge in [-0.2, -0.15) is 0 Å². The van der Waals surface area contributed by atoms with Gasteiger partial charge in [0.1, 0.15) is 0 Å². The van der Waals surface area contributed by atoms with E-state index in [1.807, 2.05) is 30.4 Å². The summed E-state index contributed by atoms with van der Waals surface area (Å²) < 4.78 is 4.65. The van der Waals surface area contributed by atoms with Crippen LogP contribution in [0, 0.1) is 6.57 Å². The van der Waals surface area contributed by atoms with Crippen molar-refractivity contribution in [1.82, 2.24) is 0 Å². The number of nitrogens with two attached hydrogens (primary N) is 1. The molecule has 4 nitrogen and oxygen atoms in total. The van der Waals surface area contributed by atoms with Crippen molar-refractivity contribution in [3.63, 3.8) is 0 Å². The maximum atomic E-state index is 11.3. The summed E-state index contributed by atoms with van der Waals surface area (Å²) in [5, 5.41) is 0. The van der Waals surface area contributed by atoms with Gasteiger partial charge in [-0.1, -0.05) is 30.4 Å². The number of esters is 1. The van der Waals surface area contributed by atoms with Crippen molar-refractivity contribution in [3.05, 3.63) is 70.6 Å². The van der Waals surface area contributed by atoms with Gasteiger partial charge in [-0.3, -0.25) is 0 Å². The average Bonchev–Trinajstić information content (AvgIpc) is 2.53. The Hall–Kier alpha value is -3.06. The average molecular weight is 278 g/mol. The molecule has 0 heterocycles. The monoisotopic (exact) mass is 278 g/mol. The highest BCUT2D eigenvalue weighted by molar-refractivity contribution is 5.89. The highest BCUT2D eigenvalue weighted by atomic mass is 16.5. The van der Waals surface area contributed by atoms with E-state index < -0.39 is 0 Å². The molecule has 0 saturated carbocycles. The minimum atomic E-state index is -0.356. The Morgan fingerprint density at radius 1 is 1.14 bits per heavy atom. The van der Waals surface area contributed by atoms with Crippen molar-refractivity contribution in [2.45, 2.75) is 0 Å². The predicted molar refractivity (Wildman–Crippen MR) is 83.8 cm³/mol. The number of ether oxygens (including phenoxy) is 1. The molecule has 2 N–H and O–H groups in total. The number of hydrogen-bond donors (Lipinski definition) is 1. The topological polar surface area (TPSA) is 56.7 Å². The zero-order valence-corrected chi connectivity index (χ0v) is 11.5. The van der Waals surface area contributed by atoms with E-state index in [1.165, 1.54) is 7.11 Å². The highest BCUT2D eigenvalue weighted by Gasteiger charge is 2.03. The first kappa shape index (κ1) is 14.4. The Bertz CT molecular complexity index is 725. The van der Waals surface area contributed by atoms with Crippen LogP contribution in [0.5, 0.6) is 0 Å². The molecule has 0 aliphatic heterocycles. The highest BCUT2D eigenvalue weighted by Crippen LogP contribution is 2.24. The molecule has 104 valence electrons. The quantitative estimate of drug-likeness (QED) is 0.402. The summed E-state index contributed by atoms with van der Waals surface area (Å²) in [5.74, 6) is -0.356. The minimum absolute atomic E-state index is 0.356. The Kier molecular flexibility index (Phi) is 4.37. The van der Waals surface area contributed by atoms with Crippen LogP contribution < -0.4 is 5.73 Å². The van der Waals surface area contributed by atoms with Crippen LogP contribution in [0.1, 0.15) is 21.5 Å². The van der Waals surface area contributed by atoms with Gasteiger partial charge in [0.15, 0.2) is 0 Å². The lowest BCUT2D eigenvalue weighted by Crippen LogP contribution is -2.00. The van der Waals surface area contributed by atoms with E-state index in [2.05, 4.69) is 9.58 Å². The van der Waals surface area contributed by atoms with Crippen LogP contribution in [0.25, 0.3) is 17.0 Å². The molecule has 2 rings (SSSR count). The van der Waals surface area contributed by atoms with Crippen molar-refractivity contribution in [1.29, 1.82) is 0 Å². The lowest BCUT2D eigenvalue weighted by molar-refractivity contribution is 0.0601. The molecule has 0 aliphatic carbocycles. The lowest BCUT2D eigenvalue weighted by Gasteiger charge is -2.01. The second-order valence-electron chi connectivity index (χ2n) is 4.38. The van der Waals surface area contributed by atoms with E-state index in [-0.39, 0.29) is 5.97 Å². The third-order valence-electron chi connectivity index (χ3n) is 2.97. The summed E-state index contributed by atoms with van der Waals surface area (Å²) >= 11 is 0. The molecule has 2 aromatic carbocycles. The largest absolute Gasteiger partial charge is 0.465 e. The number of carbonyl (C=O) groups is 1. The lowest BCUT2D eigenvalue weighted by atomic mass is 10.1. The second-order valence-corrected chi connectivity index (χ2v) is 4.38. The van der Waals surface area contributed by atoms with E-state index in [1.54, 1.807) is 24.3 Å². The molecular weight excluding hydrogens is 264 g/mol. The van der Waals surface area contributed by atoms with Crippen LogP contribution in [-0.2, 0) is 4.74 Å². The van der Waals surface area contributed by atoms with E-state index in [9.17, 15) is 4.79 Å². The van der Waals surface area contributed by atoms with Gasteiger partial charge in [-0.15, -0.1) is 0 Å². The van der Waals surface area contributed by atoms with Gasteiger partial charge in [-0.05, 0) is 35.4 Å². The molecule has 0 spiro atoms. The van der Waals surface area contributed by atoms with Crippen molar-refractivity contribution in [2.24, 2.45) is 0 Å². The molecule has 21 heavy (non-hydrogen) atoms. The number of rotatable bonds is 3. The molecule has 0 saturated heterocycles. The van der Waals surface area contributed by atoms with Crippen molar-refractivity contribution in [2.75, 3.05) is 12.8 Å². The van der Waals surface area contributed by atoms with Gasteiger partial charge >= 0.3 is 5.97 Å². The first-order valence-electron chi connectivity index (χ1n) is 6.27. The van der Waals surface area contributed by atoms with Gasteiger partial charge in [-0.25, -0.2) is 9.64 Å². The molecule has 0 amide bonds. The first-order chi connectivity index (χ1) is 10.1. The first-order valence-corrected chi connectivity index (χ1v) is 6.27. The zero-order chi connectivity index (χ0) is 15.2. The molecule has 0 aliphatic rings. The summed E-state index contributed by atoms with van der Waals surface area (Å²) in [7, 11) is 1.35. The fourth-order valence-electron chi connectivity index (χ4n) is 1.80. The summed E-state index contributed by atoms with van der Waals surface area (Å²) in [4.78, 5) is 14.7. The molecule has 0 atom stereocenters. The SMILES string of the molecule is [C-]#[N+]c1cc(/C=C/c2ccc(C(=O)OC)cc2)ccc1N. The van der Waals surface area contributed by atoms with Crippen LogP contribution in [0.15, 0.2) is 42.5 Å². The van der Waals surface area contributed by atoms with Gasteiger partial charge in [0.2, 0.25) is 5.69 Å². The Morgan fingerprint density at radius 2 is 1.76 bits per heavy atom. The van der Waals surface area contributed by atoms with Gasteiger partial charge in [0.25, 0.3) is 0 Å². The smallest absolute Gasteiger partial charge is 0.337 e. The molecule has 0 unspecified atom stereocenters. The maximum Gasteiger partial charge on any atom is 0.337 e. The number of methoxy groups -OCH3 is 1. The fourth-order valence-corrected chi connectivity index (χ4v) is 1.80. The van der Waals surface area contributed by atoms with E-state index in [0.29, 0.717) is 16.9 Å². The molecule has 0 radical (unpaired) electrons. The molecule has 2 aromatic rings. The summed E-state index contributed by atoms with van der Waals surface area (Å²) in [6.45, 7) is 7.04. The van der Waals surface area contributed by atoms with Gasteiger partial charge < -0.3 is 10.5 Å². The van der Waals surface area contributed by atoms with E-state index in [4.69, 9.17) is 12.3 Å². The number of benzene rings is 2. The number of nitrogens with zero attached hydrogens (tertiary/aromatic N) is 1.